The number of carbonyl (C=O) groups is 1. The van der Waals surface area contributed by atoms with Crippen molar-refractivity contribution < 1.29 is 27.6 Å². The lowest BCUT2D eigenvalue weighted by Gasteiger charge is -2.29. The fraction of sp³-hybridized carbons (Fsp3) is 0.562. The van der Waals surface area contributed by atoms with Crippen LogP contribution in [0.5, 0.6) is 5.75 Å². The topological polar surface area (TPSA) is 42.8 Å². The molecule has 0 saturated carbocycles. The van der Waals surface area contributed by atoms with Crippen molar-refractivity contribution in [3.63, 3.8) is 0 Å². The van der Waals surface area contributed by atoms with Gasteiger partial charge in [0.1, 0.15) is 5.75 Å². The molecule has 0 spiro atoms. The molecule has 4 nitrogen and oxygen atoms in total. The van der Waals surface area contributed by atoms with Gasteiger partial charge in [0.2, 0.25) is 0 Å². The fourth-order valence-electron chi connectivity index (χ4n) is 2.85. The van der Waals surface area contributed by atoms with E-state index in [0.29, 0.717) is 5.56 Å². The molecule has 0 radical (unpaired) electrons. The summed E-state index contributed by atoms with van der Waals surface area (Å²) in [5.41, 5.74) is 0.336. The van der Waals surface area contributed by atoms with E-state index in [2.05, 4.69) is 17.0 Å². The van der Waals surface area contributed by atoms with E-state index < -0.39 is 6.36 Å². The molecule has 128 valence electrons. The Morgan fingerprint density at radius 1 is 1.26 bits per heavy atom. The Labute approximate surface area is 133 Å². The number of piperidine rings is 1. The normalized spacial score (nSPS) is 21.7. The minimum Gasteiger partial charge on any atom is -0.406 e. The molecule has 0 bridgehead atoms. The zero-order valence-electron chi connectivity index (χ0n) is 13.1. The number of amides is 1. The Bertz CT molecular complexity index is 509. The van der Waals surface area contributed by atoms with Gasteiger partial charge in [0.25, 0.3) is 5.91 Å². The van der Waals surface area contributed by atoms with Crippen LogP contribution in [0.1, 0.15) is 36.5 Å². The Kier molecular flexibility index (Phi) is 5.87. The second-order valence-corrected chi connectivity index (χ2v) is 5.82. The van der Waals surface area contributed by atoms with Crippen LogP contribution in [-0.2, 0) is 0 Å². The lowest BCUT2D eigenvalue weighted by atomic mass is 10.0. The highest BCUT2D eigenvalue weighted by molar-refractivity contribution is 5.94. The summed E-state index contributed by atoms with van der Waals surface area (Å²) in [5, 5.41) is 2.95. The summed E-state index contributed by atoms with van der Waals surface area (Å²) in [6, 6.07) is 5.11. The van der Waals surface area contributed by atoms with Crippen LogP contribution in [0, 0.1) is 0 Å². The van der Waals surface area contributed by atoms with Gasteiger partial charge in [0.05, 0.1) is 19.6 Å². The van der Waals surface area contributed by atoms with Gasteiger partial charge in [-0.1, -0.05) is 6.92 Å². The van der Waals surface area contributed by atoms with Crippen molar-refractivity contribution in [3.8, 4) is 5.75 Å². The van der Waals surface area contributed by atoms with Gasteiger partial charge in [0.15, 0.2) is 0 Å². The van der Waals surface area contributed by atoms with Crippen LogP contribution in [0.15, 0.2) is 24.3 Å². The third kappa shape index (κ3) is 5.74. The minimum atomic E-state index is -4.72. The highest BCUT2D eigenvalue weighted by atomic mass is 19.4. The fourth-order valence-corrected chi connectivity index (χ4v) is 2.85. The number of halogens is 3. The van der Waals surface area contributed by atoms with Crippen molar-refractivity contribution in [3.05, 3.63) is 29.8 Å². The molecule has 1 aliphatic heterocycles. The Morgan fingerprint density at radius 2 is 1.87 bits per heavy atom. The van der Waals surface area contributed by atoms with E-state index >= 15 is 0 Å². The SMILES string of the molecule is CCC[NH+]1CCC(NC(=O)c2ccc(OC(F)(F)F)cc2)CC1. The second-order valence-electron chi connectivity index (χ2n) is 5.82. The summed E-state index contributed by atoms with van der Waals surface area (Å²) in [6.45, 7) is 5.39. The molecule has 2 rings (SSSR count). The quantitative estimate of drug-likeness (QED) is 0.864. The molecule has 1 saturated heterocycles. The van der Waals surface area contributed by atoms with E-state index in [-0.39, 0.29) is 17.7 Å². The van der Waals surface area contributed by atoms with Crippen molar-refractivity contribution in [2.75, 3.05) is 19.6 Å². The average molecular weight is 331 g/mol. The third-order valence-corrected chi connectivity index (χ3v) is 3.98. The summed E-state index contributed by atoms with van der Waals surface area (Å²) in [7, 11) is 0. The molecule has 0 aliphatic carbocycles. The average Bonchev–Trinajstić information content (AvgIpc) is 2.48. The molecular weight excluding hydrogens is 309 g/mol. The zero-order chi connectivity index (χ0) is 16.9. The molecule has 2 N–H and O–H groups in total. The maximum atomic E-state index is 12.1. The standard InChI is InChI=1S/C16H21F3N2O2/c1-2-9-21-10-7-13(8-11-21)20-15(22)12-3-5-14(6-4-12)23-16(17,18)19/h3-6,13H,2,7-11H2,1H3,(H,20,22)/p+1. The molecule has 0 unspecified atom stereocenters. The molecule has 23 heavy (non-hydrogen) atoms. The van der Waals surface area contributed by atoms with Crippen LogP contribution in [0.4, 0.5) is 13.2 Å². The van der Waals surface area contributed by atoms with Gasteiger partial charge in [-0.15, -0.1) is 13.2 Å². The highest BCUT2D eigenvalue weighted by Gasteiger charge is 2.31. The molecule has 1 aromatic carbocycles. The zero-order valence-corrected chi connectivity index (χ0v) is 13.1. The lowest BCUT2D eigenvalue weighted by Crippen LogP contribution is -3.13. The van der Waals surface area contributed by atoms with Crippen LogP contribution in [-0.4, -0.2) is 37.9 Å². The molecule has 1 fully saturated rings. The van der Waals surface area contributed by atoms with E-state index in [4.69, 9.17) is 0 Å². The number of benzene rings is 1. The van der Waals surface area contributed by atoms with E-state index in [1.165, 1.54) is 12.1 Å². The molecular formula is C16H22F3N2O2+. The van der Waals surface area contributed by atoms with Gasteiger partial charge >= 0.3 is 6.36 Å². The van der Waals surface area contributed by atoms with Crippen LogP contribution in [0.2, 0.25) is 0 Å². The van der Waals surface area contributed by atoms with Gasteiger partial charge < -0.3 is 15.0 Å². The minimum absolute atomic E-state index is 0.134. The smallest absolute Gasteiger partial charge is 0.406 e. The van der Waals surface area contributed by atoms with Crippen molar-refractivity contribution in [2.45, 2.75) is 38.6 Å². The summed E-state index contributed by atoms with van der Waals surface area (Å²) in [4.78, 5) is 13.7. The molecule has 0 atom stereocenters. The molecule has 1 aromatic rings. The van der Waals surface area contributed by atoms with E-state index in [1.54, 1.807) is 4.90 Å². The van der Waals surface area contributed by atoms with Gasteiger partial charge in [-0.05, 0) is 30.7 Å². The van der Waals surface area contributed by atoms with Crippen LogP contribution in [0.25, 0.3) is 0 Å². The first-order chi connectivity index (χ1) is 10.9. The number of ether oxygens (including phenoxy) is 1. The number of alkyl halides is 3. The van der Waals surface area contributed by atoms with Crippen molar-refractivity contribution >= 4 is 5.91 Å². The van der Waals surface area contributed by atoms with Gasteiger partial charge in [-0.25, -0.2) is 0 Å². The van der Waals surface area contributed by atoms with Crippen LogP contribution >= 0.6 is 0 Å². The first-order valence-corrected chi connectivity index (χ1v) is 7.87. The summed E-state index contributed by atoms with van der Waals surface area (Å²) < 4.78 is 40.1. The summed E-state index contributed by atoms with van der Waals surface area (Å²) >= 11 is 0. The maximum absolute atomic E-state index is 12.1. The molecule has 1 amide bonds. The Balaban J connectivity index is 1.84. The number of likely N-dealkylation sites (tertiary alicyclic amines) is 1. The predicted molar refractivity (Wildman–Crippen MR) is 79.5 cm³/mol. The molecule has 1 aliphatic rings. The van der Waals surface area contributed by atoms with E-state index in [0.717, 1.165) is 51.0 Å². The monoisotopic (exact) mass is 331 g/mol. The summed E-state index contributed by atoms with van der Waals surface area (Å²) in [5.74, 6) is -0.585. The maximum Gasteiger partial charge on any atom is 0.573 e. The van der Waals surface area contributed by atoms with Crippen LogP contribution in [0.3, 0.4) is 0 Å². The largest absolute Gasteiger partial charge is 0.573 e. The predicted octanol–water partition coefficient (Wildman–Crippen LogP) is 1.77. The van der Waals surface area contributed by atoms with Gasteiger partial charge in [0, 0.05) is 24.4 Å². The van der Waals surface area contributed by atoms with E-state index in [1.807, 2.05) is 0 Å². The van der Waals surface area contributed by atoms with Crippen LogP contribution < -0.4 is 15.0 Å². The second kappa shape index (κ2) is 7.68. The number of quaternary nitrogens is 1. The summed E-state index contributed by atoms with van der Waals surface area (Å²) in [6.07, 6.45) is -1.72. The van der Waals surface area contributed by atoms with Crippen molar-refractivity contribution in [1.82, 2.24) is 5.32 Å². The number of hydrogen-bond donors (Lipinski definition) is 2. The molecule has 0 aromatic heterocycles. The van der Waals surface area contributed by atoms with Crippen molar-refractivity contribution in [1.29, 1.82) is 0 Å². The number of hydrogen-bond acceptors (Lipinski definition) is 2. The first-order valence-electron chi connectivity index (χ1n) is 7.87. The lowest BCUT2D eigenvalue weighted by molar-refractivity contribution is -0.905. The highest BCUT2D eigenvalue weighted by Crippen LogP contribution is 2.22. The van der Waals surface area contributed by atoms with E-state index in [9.17, 15) is 18.0 Å². The van der Waals surface area contributed by atoms with Crippen molar-refractivity contribution in [2.24, 2.45) is 0 Å². The number of nitrogens with one attached hydrogen (secondary N) is 2. The Morgan fingerprint density at radius 3 is 2.39 bits per heavy atom. The molecule has 1 heterocycles. The van der Waals surface area contributed by atoms with Gasteiger partial charge in [-0.2, -0.15) is 0 Å². The van der Waals surface area contributed by atoms with Gasteiger partial charge in [-0.3, -0.25) is 4.79 Å². The number of rotatable bonds is 5. The first kappa shape index (κ1) is 17.6. The Hall–Kier alpha value is -1.76. The molecule has 7 heteroatoms. The third-order valence-electron chi connectivity index (χ3n) is 3.98. The number of carbonyl (C=O) groups excluding carboxylic acids is 1.